The smallest absolute Gasteiger partial charge is 0.271 e. The molecule has 0 fully saturated rings. The number of aromatic nitrogens is 2. The summed E-state index contributed by atoms with van der Waals surface area (Å²) < 4.78 is 9.32. The third-order valence-corrected chi connectivity index (χ3v) is 8.81. The van der Waals surface area contributed by atoms with Gasteiger partial charge in [0.25, 0.3) is 11.5 Å². The summed E-state index contributed by atoms with van der Waals surface area (Å²) in [6.45, 7) is 5.61. The first-order valence-corrected chi connectivity index (χ1v) is 15.0. The average Bonchev–Trinajstić information content (AvgIpc) is 3.49. The van der Waals surface area contributed by atoms with E-state index in [0.29, 0.717) is 37.7 Å². The number of allylic oxidation sites excluding steroid dienone is 1. The zero-order valence-electron chi connectivity index (χ0n) is 25.0. The first-order valence-electron chi connectivity index (χ1n) is 14.2. The quantitative estimate of drug-likeness (QED) is 0.299. The molecule has 0 saturated heterocycles. The minimum absolute atomic E-state index is 0.0795. The highest BCUT2D eigenvalue weighted by Gasteiger charge is 2.32. The lowest BCUT2D eigenvalue weighted by Gasteiger charge is -2.25. The van der Waals surface area contributed by atoms with Crippen LogP contribution in [0.3, 0.4) is 0 Å². The SMILES string of the molecule is COc1ccc([C@@H]2C(C(=O)Nc3ccccc3)=C(C)N=c3s/c(=C/c4cc(C)n(-c5cccc(C(=O)[O-])c5)c4C)c(=O)n32)cc1. The van der Waals surface area contributed by atoms with Crippen LogP contribution in [0.4, 0.5) is 5.69 Å². The molecule has 1 amide bonds. The summed E-state index contributed by atoms with van der Waals surface area (Å²) in [5.41, 5.74) is 5.24. The van der Waals surface area contributed by atoms with Crippen molar-refractivity contribution in [3.63, 3.8) is 0 Å². The number of rotatable bonds is 7. The van der Waals surface area contributed by atoms with Crippen molar-refractivity contribution in [1.82, 2.24) is 9.13 Å². The lowest BCUT2D eigenvalue weighted by Crippen LogP contribution is -2.40. The van der Waals surface area contributed by atoms with E-state index in [1.807, 2.05) is 67.0 Å². The number of anilines is 1. The van der Waals surface area contributed by atoms with E-state index in [1.54, 1.807) is 55.0 Å². The second-order valence-electron chi connectivity index (χ2n) is 10.7. The molecule has 3 heterocycles. The van der Waals surface area contributed by atoms with E-state index in [2.05, 4.69) is 5.32 Å². The van der Waals surface area contributed by atoms with Crippen LogP contribution in [0.15, 0.2) is 106 Å². The standard InChI is InChI=1S/C35H30N4O5S/c1-20-17-25(22(3)38(20)27-12-8-9-24(18-27)34(42)43)19-29-33(41)39-31(23-13-15-28(44-4)16-14-23)30(21(2)36-35(39)45-29)32(40)37-26-10-6-5-7-11-26/h5-19,31H,1-4H3,(H,37,40)(H,42,43)/p-1/b29-19+/t31-/m1/s1. The molecule has 0 unspecified atom stereocenters. The van der Waals surface area contributed by atoms with Crippen molar-refractivity contribution >= 4 is 35.0 Å². The van der Waals surface area contributed by atoms with E-state index >= 15 is 0 Å². The molecule has 0 saturated carbocycles. The summed E-state index contributed by atoms with van der Waals surface area (Å²) in [5, 5.41) is 14.4. The van der Waals surface area contributed by atoms with Gasteiger partial charge in [0.15, 0.2) is 4.80 Å². The van der Waals surface area contributed by atoms with Crippen LogP contribution in [0.1, 0.15) is 45.8 Å². The van der Waals surface area contributed by atoms with Gasteiger partial charge in [0, 0.05) is 22.8 Å². The number of thiazole rings is 1. The molecule has 0 radical (unpaired) electrons. The van der Waals surface area contributed by atoms with Gasteiger partial charge in [-0.25, -0.2) is 4.99 Å². The maximum atomic E-state index is 14.2. The number of amides is 1. The van der Waals surface area contributed by atoms with Gasteiger partial charge in [-0.2, -0.15) is 0 Å². The number of carboxylic acids is 1. The third-order valence-electron chi connectivity index (χ3n) is 7.83. The largest absolute Gasteiger partial charge is 0.545 e. The number of carboxylic acid groups (broad SMARTS) is 1. The Morgan fingerprint density at radius 1 is 0.978 bits per heavy atom. The molecule has 0 spiro atoms. The highest BCUT2D eigenvalue weighted by atomic mass is 32.1. The first kappa shape index (κ1) is 29.6. The number of benzene rings is 3. The Kier molecular flexibility index (Phi) is 7.82. The summed E-state index contributed by atoms with van der Waals surface area (Å²) in [5.74, 6) is -0.943. The van der Waals surface area contributed by atoms with E-state index in [9.17, 15) is 19.5 Å². The minimum atomic E-state index is -1.25. The van der Waals surface area contributed by atoms with Gasteiger partial charge in [-0.05, 0) is 86.0 Å². The predicted molar refractivity (Wildman–Crippen MR) is 171 cm³/mol. The Hall–Kier alpha value is -5.48. The number of para-hydroxylation sites is 1. The molecule has 6 rings (SSSR count). The molecule has 10 heteroatoms. The molecule has 1 aliphatic rings. The van der Waals surface area contributed by atoms with Crippen molar-refractivity contribution < 1.29 is 19.4 Å². The van der Waals surface area contributed by atoms with Crippen molar-refractivity contribution in [2.75, 3.05) is 12.4 Å². The number of fused-ring (bicyclic) bond motifs is 1. The Morgan fingerprint density at radius 3 is 2.40 bits per heavy atom. The predicted octanol–water partition coefficient (Wildman–Crippen LogP) is 3.65. The molecule has 9 nitrogen and oxygen atoms in total. The number of hydrogen-bond donors (Lipinski definition) is 1. The summed E-state index contributed by atoms with van der Waals surface area (Å²) >= 11 is 1.25. The van der Waals surface area contributed by atoms with Crippen LogP contribution in [0.25, 0.3) is 11.8 Å². The van der Waals surface area contributed by atoms with Gasteiger partial charge < -0.3 is 24.5 Å². The van der Waals surface area contributed by atoms with Crippen molar-refractivity contribution in [2.24, 2.45) is 4.99 Å². The maximum Gasteiger partial charge on any atom is 0.271 e. The molecule has 1 aliphatic heterocycles. The fourth-order valence-electron chi connectivity index (χ4n) is 5.68. The van der Waals surface area contributed by atoms with E-state index in [0.717, 1.165) is 22.5 Å². The van der Waals surface area contributed by atoms with Crippen LogP contribution in [-0.2, 0) is 4.79 Å². The van der Waals surface area contributed by atoms with Gasteiger partial charge in [-0.1, -0.05) is 53.8 Å². The normalized spacial score (nSPS) is 14.6. The Morgan fingerprint density at radius 2 is 1.71 bits per heavy atom. The van der Waals surface area contributed by atoms with Crippen LogP contribution in [0.2, 0.25) is 0 Å². The number of aromatic carboxylic acids is 1. The Balaban J connectivity index is 1.48. The van der Waals surface area contributed by atoms with Gasteiger partial charge in [-0.15, -0.1) is 0 Å². The zero-order chi connectivity index (χ0) is 31.8. The van der Waals surface area contributed by atoms with Gasteiger partial charge in [-0.3, -0.25) is 14.2 Å². The first-order chi connectivity index (χ1) is 21.7. The zero-order valence-corrected chi connectivity index (χ0v) is 25.8. The lowest BCUT2D eigenvalue weighted by molar-refractivity contribution is -0.255. The Bertz CT molecular complexity index is 2170. The number of ether oxygens (including phenoxy) is 1. The average molecular weight is 618 g/mol. The number of nitrogens with zero attached hydrogens (tertiary/aromatic N) is 3. The van der Waals surface area contributed by atoms with Gasteiger partial charge in [0.05, 0.1) is 34.9 Å². The number of nitrogens with one attached hydrogen (secondary N) is 1. The summed E-state index contributed by atoms with van der Waals surface area (Å²) in [7, 11) is 1.58. The fraction of sp³-hybridized carbons (Fsp3) is 0.143. The highest BCUT2D eigenvalue weighted by molar-refractivity contribution is 7.07. The molecular formula is C35H29N4O5S-. The van der Waals surface area contributed by atoms with Crippen molar-refractivity contribution in [3.8, 4) is 11.4 Å². The number of hydrogen-bond acceptors (Lipinski definition) is 7. The Labute approximate surface area is 262 Å². The lowest BCUT2D eigenvalue weighted by atomic mass is 9.95. The van der Waals surface area contributed by atoms with Gasteiger partial charge in [0.1, 0.15) is 5.75 Å². The number of aryl methyl sites for hydroxylation is 1. The van der Waals surface area contributed by atoms with Crippen molar-refractivity contribution in [3.05, 3.63) is 144 Å². The monoisotopic (exact) mass is 617 g/mol. The van der Waals surface area contributed by atoms with Gasteiger partial charge in [0.2, 0.25) is 0 Å². The van der Waals surface area contributed by atoms with E-state index in [4.69, 9.17) is 9.73 Å². The number of carbonyl (C=O) groups is 2. The van der Waals surface area contributed by atoms with Gasteiger partial charge >= 0.3 is 0 Å². The molecule has 2 aromatic heterocycles. The van der Waals surface area contributed by atoms with Crippen LogP contribution in [-0.4, -0.2) is 28.1 Å². The second-order valence-corrected chi connectivity index (χ2v) is 11.7. The second kappa shape index (κ2) is 11.9. The summed E-state index contributed by atoms with van der Waals surface area (Å²) in [6, 6.07) is 24.2. The topological polar surface area (TPSA) is 118 Å². The van der Waals surface area contributed by atoms with Crippen LogP contribution >= 0.6 is 11.3 Å². The molecule has 1 N–H and O–H groups in total. The van der Waals surface area contributed by atoms with E-state index in [1.165, 1.54) is 17.4 Å². The molecule has 0 aliphatic carbocycles. The molecule has 45 heavy (non-hydrogen) atoms. The van der Waals surface area contributed by atoms with Crippen molar-refractivity contribution in [2.45, 2.75) is 26.8 Å². The molecule has 0 bridgehead atoms. The highest BCUT2D eigenvalue weighted by Crippen LogP contribution is 2.32. The molecule has 226 valence electrons. The maximum absolute atomic E-state index is 14.2. The van der Waals surface area contributed by atoms with Crippen molar-refractivity contribution in [1.29, 1.82) is 0 Å². The summed E-state index contributed by atoms with van der Waals surface area (Å²) in [4.78, 5) is 44.6. The third kappa shape index (κ3) is 5.51. The number of methoxy groups -OCH3 is 1. The summed E-state index contributed by atoms with van der Waals surface area (Å²) in [6.07, 6.45) is 1.82. The molecular weight excluding hydrogens is 588 g/mol. The minimum Gasteiger partial charge on any atom is -0.545 e. The van der Waals surface area contributed by atoms with Crippen LogP contribution < -0.4 is 30.1 Å². The molecule has 1 atom stereocenters. The van der Waals surface area contributed by atoms with E-state index in [-0.39, 0.29) is 17.0 Å². The van der Waals surface area contributed by atoms with Crippen LogP contribution in [0, 0.1) is 13.8 Å². The fourth-order valence-corrected chi connectivity index (χ4v) is 6.72. The molecule has 3 aromatic carbocycles. The molecule has 5 aromatic rings. The number of carbonyl (C=O) groups excluding carboxylic acids is 2. The van der Waals surface area contributed by atoms with E-state index < -0.39 is 12.0 Å². The van der Waals surface area contributed by atoms with Crippen LogP contribution in [0.5, 0.6) is 5.75 Å².